The van der Waals surface area contributed by atoms with Gasteiger partial charge in [-0.2, -0.15) is 0 Å². The van der Waals surface area contributed by atoms with Gasteiger partial charge in [0, 0.05) is 23.7 Å². The first kappa shape index (κ1) is 12.0. The molecule has 18 heavy (non-hydrogen) atoms. The summed E-state index contributed by atoms with van der Waals surface area (Å²) in [6.45, 7) is 0. The largest absolute Gasteiger partial charge is 0.307 e. The van der Waals surface area contributed by atoms with Crippen molar-refractivity contribution in [3.8, 4) is 0 Å². The van der Waals surface area contributed by atoms with E-state index in [1.165, 1.54) is 12.8 Å². The summed E-state index contributed by atoms with van der Waals surface area (Å²) in [4.78, 5) is 0. The molecule has 1 saturated heterocycles. The molecule has 0 spiro atoms. The molecule has 1 saturated carbocycles. The van der Waals surface area contributed by atoms with E-state index in [1.54, 1.807) is 0 Å². The van der Waals surface area contributed by atoms with Gasteiger partial charge in [0.05, 0.1) is 0 Å². The standard InChI is InChI=1S/C14H16F3N/c15-10-7-12(17)11(16)6-9(10)14-5-4-8-2-1-3-13(8)18-14/h6-8,13-14,18H,1-5H2. The summed E-state index contributed by atoms with van der Waals surface area (Å²) in [5.74, 6) is -2.06. The van der Waals surface area contributed by atoms with Crippen molar-refractivity contribution in [1.29, 1.82) is 0 Å². The Balaban J connectivity index is 1.84. The lowest BCUT2D eigenvalue weighted by molar-refractivity contribution is 0.256. The molecule has 1 aromatic rings. The molecule has 1 heterocycles. The van der Waals surface area contributed by atoms with Crippen LogP contribution < -0.4 is 5.32 Å². The third-order valence-corrected chi connectivity index (χ3v) is 4.32. The van der Waals surface area contributed by atoms with Gasteiger partial charge < -0.3 is 5.32 Å². The molecule has 98 valence electrons. The van der Waals surface area contributed by atoms with Crippen molar-refractivity contribution in [2.24, 2.45) is 5.92 Å². The number of hydrogen-bond acceptors (Lipinski definition) is 1. The van der Waals surface area contributed by atoms with Crippen molar-refractivity contribution >= 4 is 0 Å². The Labute approximate surface area is 104 Å². The summed E-state index contributed by atoms with van der Waals surface area (Å²) in [7, 11) is 0. The third-order valence-electron chi connectivity index (χ3n) is 4.32. The monoisotopic (exact) mass is 255 g/mol. The fourth-order valence-electron chi connectivity index (χ4n) is 3.37. The van der Waals surface area contributed by atoms with Crippen molar-refractivity contribution in [1.82, 2.24) is 5.32 Å². The summed E-state index contributed by atoms with van der Waals surface area (Å²) >= 11 is 0. The molecule has 1 N–H and O–H groups in total. The highest BCUT2D eigenvalue weighted by Gasteiger charge is 2.34. The molecule has 1 nitrogen and oxygen atoms in total. The number of fused-ring (bicyclic) bond motifs is 1. The zero-order valence-electron chi connectivity index (χ0n) is 10.1. The quantitative estimate of drug-likeness (QED) is 0.754. The first-order chi connectivity index (χ1) is 8.65. The van der Waals surface area contributed by atoms with Crippen LogP contribution in [-0.4, -0.2) is 6.04 Å². The lowest BCUT2D eigenvalue weighted by Crippen LogP contribution is -2.40. The average molecular weight is 255 g/mol. The lowest BCUT2D eigenvalue weighted by Gasteiger charge is -2.34. The fraction of sp³-hybridized carbons (Fsp3) is 0.571. The van der Waals surface area contributed by atoms with Gasteiger partial charge in [-0.25, -0.2) is 13.2 Å². The minimum absolute atomic E-state index is 0.181. The molecule has 2 aliphatic rings. The van der Waals surface area contributed by atoms with Gasteiger partial charge in [0.25, 0.3) is 0 Å². The molecule has 3 rings (SSSR count). The third kappa shape index (κ3) is 2.03. The van der Waals surface area contributed by atoms with Gasteiger partial charge in [0.2, 0.25) is 0 Å². The van der Waals surface area contributed by atoms with Crippen molar-refractivity contribution < 1.29 is 13.2 Å². The number of nitrogens with one attached hydrogen (secondary N) is 1. The second-order valence-electron chi connectivity index (χ2n) is 5.38. The highest BCUT2D eigenvalue weighted by molar-refractivity contribution is 5.24. The smallest absolute Gasteiger partial charge is 0.161 e. The Morgan fingerprint density at radius 3 is 2.50 bits per heavy atom. The molecule has 1 aromatic carbocycles. The van der Waals surface area contributed by atoms with E-state index in [2.05, 4.69) is 5.32 Å². The van der Waals surface area contributed by atoms with E-state index in [0.29, 0.717) is 18.0 Å². The van der Waals surface area contributed by atoms with E-state index in [4.69, 9.17) is 0 Å². The Kier molecular flexibility index (Phi) is 3.06. The number of benzene rings is 1. The molecule has 0 bridgehead atoms. The van der Waals surface area contributed by atoms with Crippen LogP contribution in [0.2, 0.25) is 0 Å². The van der Waals surface area contributed by atoms with E-state index in [1.807, 2.05) is 0 Å². The maximum Gasteiger partial charge on any atom is 0.161 e. The van der Waals surface area contributed by atoms with Gasteiger partial charge in [-0.3, -0.25) is 0 Å². The summed E-state index contributed by atoms with van der Waals surface area (Å²) in [6.07, 6.45) is 5.37. The number of rotatable bonds is 1. The molecule has 0 aromatic heterocycles. The van der Waals surface area contributed by atoms with Gasteiger partial charge in [0.1, 0.15) is 5.82 Å². The maximum absolute atomic E-state index is 13.7. The van der Waals surface area contributed by atoms with Crippen LogP contribution in [0.25, 0.3) is 0 Å². The SMILES string of the molecule is Fc1cc(F)c(C2CCC3CCCC3N2)cc1F. The van der Waals surface area contributed by atoms with E-state index in [0.717, 1.165) is 25.3 Å². The molecule has 0 radical (unpaired) electrons. The van der Waals surface area contributed by atoms with E-state index in [-0.39, 0.29) is 11.6 Å². The second kappa shape index (κ2) is 4.57. The van der Waals surface area contributed by atoms with E-state index < -0.39 is 17.5 Å². The van der Waals surface area contributed by atoms with Gasteiger partial charge in [-0.1, -0.05) is 6.42 Å². The van der Waals surface area contributed by atoms with Crippen molar-refractivity contribution in [3.63, 3.8) is 0 Å². The van der Waals surface area contributed by atoms with Crippen LogP contribution in [0, 0.1) is 23.4 Å². The summed E-state index contributed by atoms with van der Waals surface area (Å²) < 4.78 is 39.8. The first-order valence-corrected chi connectivity index (χ1v) is 6.55. The number of hydrogen-bond donors (Lipinski definition) is 1. The molecule has 3 atom stereocenters. The van der Waals surface area contributed by atoms with E-state index >= 15 is 0 Å². The van der Waals surface area contributed by atoms with E-state index in [9.17, 15) is 13.2 Å². The van der Waals surface area contributed by atoms with Crippen LogP contribution in [0.3, 0.4) is 0 Å². The molecule has 1 aliphatic heterocycles. The van der Waals surface area contributed by atoms with Gasteiger partial charge >= 0.3 is 0 Å². The highest BCUT2D eigenvalue weighted by Crippen LogP contribution is 2.38. The van der Waals surface area contributed by atoms with Gasteiger partial charge in [0.15, 0.2) is 11.6 Å². The van der Waals surface area contributed by atoms with Crippen LogP contribution >= 0.6 is 0 Å². The molecular weight excluding hydrogens is 239 g/mol. The minimum Gasteiger partial charge on any atom is -0.307 e. The zero-order chi connectivity index (χ0) is 12.7. The number of halogens is 3. The van der Waals surface area contributed by atoms with Crippen LogP contribution in [-0.2, 0) is 0 Å². The lowest BCUT2D eigenvalue weighted by atomic mass is 9.87. The topological polar surface area (TPSA) is 12.0 Å². The number of piperidine rings is 1. The Hall–Kier alpha value is -1.03. The summed E-state index contributed by atoms with van der Waals surface area (Å²) in [5.41, 5.74) is 0.263. The van der Waals surface area contributed by atoms with Crippen LogP contribution in [0.4, 0.5) is 13.2 Å². The first-order valence-electron chi connectivity index (χ1n) is 6.55. The Morgan fingerprint density at radius 1 is 0.889 bits per heavy atom. The second-order valence-corrected chi connectivity index (χ2v) is 5.38. The van der Waals surface area contributed by atoms with Gasteiger partial charge in [-0.15, -0.1) is 0 Å². The zero-order valence-corrected chi connectivity index (χ0v) is 10.1. The van der Waals surface area contributed by atoms with Crippen LogP contribution in [0.5, 0.6) is 0 Å². The molecule has 0 amide bonds. The fourth-order valence-corrected chi connectivity index (χ4v) is 3.37. The minimum atomic E-state index is -1.12. The van der Waals surface area contributed by atoms with Crippen LogP contribution in [0.15, 0.2) is 12.1 Å². The predicted octanol–water partition coefficient (Wildman–Crippen LogP) is 3.70. The summed E-state index contributed by atoms with van der Waals surface area (Å²) in [6, 6.07) is 1.88. The predicted molar refractivity (Wildman–Crippen MR) is 62.6 cm³/mol. The maximum atomic E-state index is 13.7. The highest BCUT2D eigenvalue weighted by atomic mass is 19.2. The normalized spacial score (nSPS) is 31.4. The van der Waals surface area contributed by atoms with Crippen molar-refractivity contribution in [2.45, 2.75) is 44.2 Å². The molecular formula is C14H16F3N. The molecule has 4 heteroatoms. The van der Waals surface area contributed by atoms with Crippen molar-refractivity contribution in [3.05, 3.63) is 35.1 Å². The average Bonchev–Trinajstić information content (AvgIpc) is 2.80. The van der Waals surface area contributed by atoms with Gasteiger partial charge in [-0.05, 0) is 37.7 Å². The Morgan fingerprint density at radius 2 is 1.67 bits per heavy atom. The molecule has 1 aliphatic carbocycles. The van der Waals surface area contributed by atoms with Crippen LogP contribution in [0.1, 0.15) is 43.7 Å². The molecule has 3 unspecified atom stereocenters. The summed E-state index contributed by atoms with van der Waals surface area (Å²) in [5, 5.41) is 3.39. The Bertz CT molecular complexity index is 461. The molecule has 2 fully saturated rings. The van der Waals surface area contributed by atoms with Crippen molar-refractivity contribution in [2.75, 3.05) is 0 Å².